The first kappa shape index (κ1) is 15.0. The molecule has 0 aliphatic rings. The number of esters is 2. The first-order valence-corrected chi connectivity index (χ1v) is 5.88. The average molecular weight is 267 g/mol. The lowest BCUT2D eigenvalue weighted by atomic mass is 10.1. The van der Waals surface area contributed by atoms with Gasteiger partial charge in [-0.3, -0.25) is 4.79 Å². The highest BCUT2D eigenvalue weighted by atomic mass is 16.6. The molecule has 3 N–H and O–H groups in total. The predicted octanol–water partition coefficient (Wildman–Crippen LogP) is 0.368. The number of phenols is 1. The van der Waals surface area contributed by atoms with Crippen molar-refractivity contribution in [1.29, 1.82) is 0 Å². The number of aromatic hydroxyl groups is 1. The molecule has 1 aromatic rings. The standard InChI is InChI=1S/C13H17NO5/c1-2-18-12(16)8-19-13(17)11(14)7-9-3-5-10(15)6-4-9/h3-6,11,15H,2,7-8,14H2,1H3/t11-/m0/s1. The molecule has 0 spiro atoms. The molecule has 1 atom stereocenters. The van der Waals surface area contributed by atoms with E-state index >= 15 is 0 Å². The molecule has 0 aliphatic carbocycles. The summed E-state index contributed by atoms with van der Waals surface area (Å²) in [5.41, 5.74) is 6.45. The van der Waals surface area contributed by atoms with Gasteiger partial charge in [0.2, 0.25) is 0 Å². The molecule has 0 heterocycles. The van der Waals surface area contributed by atoms with Crippen LogP contribution in [-0.4, -0.2) is 36.3 Å². The molecule has 0 saturated heterocycles. The predicted molar refractivity (Wildman–Crippen MR) is 67.4 cm³/mol. The fraction of sp³-hybridized carbons (Fsp3) is 0.385. The molecule has 0 aliphatic heterocycles. The van der Waals surface area contributed by atoms with Gasteiger partial charge in [-0.25, -0.2) is 4.79 Å². The summed E-state index contributed by atoms with van der Waals surface area (Å²) >= 11 is 0. The van der Waals surface area contributed by atoms with Crippen LogP contribution in [0.3, 0.4) is 0 Å². The summed E-state index contributed by atoms with van der Waals surface area (Å²) < 4.78 is 9.34. The summed E-state index contributed by atoms with van der Waals surface area (Å²) in [5.74, 6) is -1.13. The van der Waals surface area contributed by atoms with Crippen LogP contribution in [0.25, 0.3) is 0 Å². The van der Waals surface area contributed by atoms with Crippen LogP contribution < -0.4 is 5.73 Å². The lowest BCUT2D eigenvalue weighted by Crippen LogP contribution is -2.35. The van der Waals surface area contributed by atoms with Crippen LogP contribution in [-0.2, 0) is 25.5 Å². The van der Waals surface area contributed by atoms with Gasteiger partial charge in [0.1, 0.15) is 11.8 Å². The lowest BCUT2D eigenvalue weighted by Gasteiger charge is -2.11. The largest absolute Gasteiger partial charge is 0.508 e. The summed E-state index contributed by atoms with van der Waals surface area (Å²) in [6, 6.07) is 5.47. The third-order valence-corrected chi connectivity index (χ3v) is 2.33. The van der Waals surface area contributed by atoms with E-state index in [1.165, 1.54) is 12.1 Å². The number of nitrogens with two attached hydrogens (primary N) is 1. The molecule has 0 unspecified atom stereocenters. The minimum Gasteiger partial charge on any atom is -0.508 e. The maximum absolute atomic E-state index is 11.5. The quantitative estimate of drug-likeness (QED) is 0.722. The van der Waals surface area contributed by atoms with Gasteiger partial charge < -0.3 is 20.3 Å². The molecule has 0 radical (unpaired) electrons. The molecule has 6 nitrogen and oxygen atoms in total. The van der Waals surface area contributed by atoms with Gasteiger partial charge in [0.05, 0.1) is 6.61 Å². The molecule has 0 saturated carbocycles. The van der Waals surface area contributed by atoms with Crippen molar-refractivity contribution in [1.82, 2.24) is 0 Å². The zero-order valence-corrected chi connectivity index (χ0v) is 10.7. The number of hydrogen-bond acceptors (Lipinski definition) is 6. The number of hydrogen-bond donors (Lipinski definition) is 2. The van der Waals surface area contributed by atoms with Crippen LogP contribution in [0.2, 0.25) is 0 Å². The second kappa shape index (κ2) is 7.38. The Morgan fingerprint density at radius 3 is 2.47 bits per heavy atom. The Morgan fingerprint density at radius 2 is 1.89 bits per heavy atom. The van der Waals surface area contributed by atoms with Gasteiger partial charge in [-0.05, 0) is 31.0 Å². The van der Waals surface area contributed by atoms with Gasteiger partial charge in [0.15, 0.2) is 6.61 Å². The second-order valence-corrected chi connectivity index (χ2v) is 3.89. The Labute approximate surface area is 111 Å². The summed E-state index contributed by atoms with van der Waals surface area (Å²) in [6.07, 6.45) is 0.266. The first-order valence-electron chi connectivity index (χ1n) is 5.88. The Morgan fingerprint density at radius 1 is 1.26 bits per heavy atom. The number of rotatable bonds is 6. The molecule has 0 aromatic heterocycles. The topological polar surface area (TPSA) is 98.9 Å². The van der Waals surface area contributed by atoms with Gasteiger partial charge in [0, 0.05) is 0 Å². The average Bonchev–Trinajstić information content (AvgIpc) is 2.39. The van der Waals surface area contributed by atoms with Crippen molar-refractivity contribution in [2.75, 3.05) is 13.2 Å². The Hall–Kier alpha value is -2.08. The van der Waals surface area contributed by atoms with Crippen molar-refractivity contribution in [3.05, 3.63) is 29.8 Å². The molecular formula is C13H17NO5. The van der Waals surface area contributed by atoms with E-state index in [0.717, 1.165) is 5.56 Å². The fourth-order valence-corrected chi connectivity index (χ4v) is 1.41. The van der Waals surface area contributed by atoms with Gasteiger partial charge in [-0.1, -0.05) is 12.1 Å². The smallest absolute Gasteiger partial charge is 0.344 e. The van der Waals surface area contributed by atoms with Gasteiger partial charge in [0.25, 0.3) is 0 Å². The third-order valence-electron chi connectivity index (χ3n) is 2.33. The van der Waals surface area contributed by atoms with Gasteiger partial charge in [-0.15, -0.1) is 0 Å². The number of phenolic OH excluding ortho intramolecular Hbond substituents is 1. The number of carbonyl (C=O) groups is 2. The van der Waals surface area contributed by atoms with Crippen LogP contribution in [0.1, 0.15) is 12.5 Å². The fourth-order valence-electron chi connectivity index (χ4n) is 1.41. The van der Waals surface area contributed by atoms with Crippen LogP contribution in [0, 0.1) is 0 Å². The zero-order chi connectivity index (χ0) is 14.3. The Kier molecular flexibility index (Phi) is 5.81. The summed E-state index contributed by atoms with van der Waals surface area (Å²) in [4.78, 5) is 22.5. The van der Waals surface area contributed by atoms with Crippen molar-refractivity contribution in [3.63, 3.8) is 0 Å². The molecule has 1 rings (SSSR count). The molecule has 0 amide bonds. The van der Waals surface area contributed by atoms with Crippen molar-refractivity contribution in [2.24, 2.45) is 5.73 Å². The van der Waals surface area contributed by atoms with Crippen LogP contribution in [0.5, 0.6) is 5.75 Å². The van der Waals surface area contributed by atoms with E-state index in [4.69, 9.17) is 15.6 Å². The molecule has 19 heavy (non-hydrogen) atoms. The van der Waals surface area contributed by atoms with Crippen molar-refractivity contribution >= 4 is 11.9 Å². The molecular weight excluding hydrogens is 250 g/mol. The van der Waals surface area contributed by atoms with Gasteiger partial charge >= 0.3 is 11.9 Å². The first-order chi connectivity index (χ1) is 9.02. The highest BCUT2D eigenvalue weighted by Gasteiger charge is 2.17. The molecule has 1 aromatic carbocycles. The van der Waals surface area contributed by atoms with Crippen LogP contribution >= 0.6 is 0 Å². The molecule has 104 valence electrons. The van der Waals surface area contributed by atoms with Crippen molar-refractivity contribution in [3.8, 4) is 5.75 Å². The van der Waals surface area contributed by atoms with E-state index in [1.807, 2.05) is 0 Å². The van der Waals surface area contributed by atoms with Crippen molar-refractivity contribution < 1.29 is 24.2 Å². The van der Waals surface area contributed by atoms with Crippen LogP contribution in [0.15, 0.2) is 24.3 Å². The minimum atomic E-state index is -0.862. The Bertz CT molecular complexity index is 429. The zero-order valence-electron chi connectivity index (χ0n) is 10.7. The van der Waals surface area contributed by atoms with E-state index < -0.39 is 24.6 Å². The monoisotopic (exact) mass is 267 g/mol. The number of ether oxygens (including phenoxy) is 2. The summed E-state index contributed by atoms with van der Waals surface area (Å²) in [7, 11) is 0. The van der Waals surface area contributed by atoms with Crippen molar-refractivity contribution in [2.45, 2.75) is 19.4 Å². The SMILES string of the molecule is CCOC(=O)COC(=O)[C@@H](N)Cc1ccc(O)cc1. The van der Waals surface area contributed by atoms with E-state index in [9.17, 15) is 9.59 Å². The van der Waals surface area contributed by atoms with E-state index in [2.05, 4.69) is 4.74 Å². The third kappa shape index (κ3) is 5.39. The second-order valence-electron chi connectivity index (χ2n) is 3.89. The molecule has 0 bridgehead atoms. The maximum Gasteiger partial charge on any atom is 0.344 e. The lowest BCUT2D eigenvalue weighted by molar-refractivity contribution is -0.159. The molecule has 6 heteroatoms. The maximum atomic E-state index is 11.5. The summed E-state index contributed by atoms with van der Waals surface area (Å²) in [6.45, 7) is 1.46. The van der Waals surface area contributed by atoms with E-state index in [-0.39, 0.29) is 18.8 Å². The van der Waals surface area contributed by atoms with Gasteiger partial charge in [-0.2, -0.15) is 0 Å². The highest BCUT2D eigenvalue weighted by Crippen LogP contribution is 2.11. The summed E-state index contributed by atoms with van der Waals surface area (Å²) in [5, 5.41) is 9.12. The highest BCUT2D eigenvalue weighted by molar-refractivity contribution is 5.79. The normalized spacial score (nSPS) is 11.7. The Balaban J connectivity index is 2.40. The molecule has 0 fully saturated rings. The number of carbonyl (C=O) groups excluding carboxylic acids is 2. The van der Waals surface area contributed by atoms with E-state index in [1.54, 1.807) is 19.1 Å². The van der Waals surface area contributed by atoms with Crippen LogP contribution in [0.4, 0.5) is 0 Å². The number of benzene rings is 1. The minimum absolute atomic E-state index is 0.141. The van der Waals surface area contributed by atoms with E-state index in [0.29, 0.717) is 0 Å².